The molecule has 1 aromatic carbocycles. The summed E-state index contributed by atoms with van der Waals surface area (Å²) in [5.74, 6) is 0. The first-order valence-electron chi connectivity index (χ1n) is 5.81. The molecule has 0 radical (unpaired) electrons. The fourth-order valence-electron chi connectivity index (χ4n) is 2.59. The topological polar surface area (TPSA) is 24.4 Å². The summed E-state index contributed by atoms with van der Waals surface area (Å²) in [5.41, 5.74) is 1.50. The van der Waals surface area contributed by atoms with Crippen molar-refractivity contribution < 1.29 is 0 Å². The molecule has 0 amide bonds. The molecule has 78 valence electrons. The lowest BCUT2D eigenvalue weighted by Gasteiger charge is -2.24. The smallest absolute Gasteiger partial charge is 0.0651 e. The maximum Gasteiger partial charge on any atom is 0.0651 e. The summed E-state index contributed by atoms with van der Waals surface area (Å²) in [4.78, 5) is 4.58. The normalized spacial score (nSPS) is 24.8. The van der Waals surface area contributed by atoms with Crippen molar-refractivity contribution in [2.24, 2.45) is 4.99 Å². The molecule has 0 spiro atoms. The summed E-state index contributed by atoms with van der Waals surface area (Å²) in [6.45, 7) is 2.06. The highest BCUT2D eigenvalue weighted by Crippen LogP contribution is 2.15. The Labute approximate surface area is 89.7 Å². The molecule has 1 N–H and O–H groups in total. The zero-order valence-electron chi connectivity index (χ0n) is 8.87. The molecule has 3 rings (SSSR count). The van der Waals surface area contributed by atoms with Crippen LogP contribution in [0, 0.1) is 0 Å². The Balaban J connectivity index is 2.04. The summed E-state index contributed by atoms with van der Waals surface area (Å²) < 4.78 is 0. The lowest BCUT2D eigenvalue weighted by atomic mass is 9.96. The molecule has 2 aliphatic rings. The van der Waals surface area contributed by atoms with Crippen molar-refractivity contribution in [1.29, 1.82) is 0 Å². The van der Waals surface area contributed by atoms with Crippen LogP contribution in [0.2, 0.25) is 0 Å². The Kier molecular flexibility index (Phi) is 2.29. The number of benzene rings is 1. The van der Waals surface area contributed by atoms with E-state index < -0.39 is 0 Å². The predicted octanol–water partition coefficient (Wildman–Crippen LogP) is 0.613. The molecular weight excluding hydrogens is 184 g/mol. The van der Waals surface area contributed by atoms with Crippen LogP contribution in [0.15, 0.2) is 29.3 Å². The average Bonchev–Trinajstić information content (AvgIpc) is 2.74. The van der Waals surface area contributed by atoms with Crippen molar-refractivity contribution in [3.63, 3.8) is 0 Å². The van der Waals surface area contributed by atoms with Gasteiger partial charge < -0.3 is 5.32 Å². The fraction of sp³-hybridized carbons (Fsp3) is 0.462. The van der Waals surface area contributed by atoms with E-state index in [2.05, 4.69) is 34.6 Å². The van der Waals surface area contributed by atoms with Crippen molar-refractivity contribution in [1.82, 2.24) is 5.32 Å². The molecule has 0 aromatic heterocycles. The van der Waals surface area contributed by atoms with Gasteiger partial charge in [0.25, 0.3) is 0 Å². The van der Waals surface area contributed by atoms with E-state index in [4.69, 9.17) is 0 Å². The minimum absolute atomic E-state index is 0.575. The summed E-state index contributed by atoms with van der Waals surface area (Å²) in [6, 6.07) is 9.08. The highest BCUT2D eigenvalue weighted by molar-refractivity contribution is 5.54. The van der Waals surface area contributed by atoms with Gasteiger partial charge in [0.05, 0.1) is 11.9 Å². The zero-order valence-corrected chi connectivity index (χ0v) is 8.87. The quantitative estimate of drug-likeness (QED) is 0.706. The summed E-state index contributed by atoms with van der Waals surface area (Å²) >= 11 is 0. The molecule has 0 bridgehead atoms. The molecule has 1 fully saturated rings. The number of hydrogen-bond donors (Lipinski definition) is 1. The van der Waals surface area contributed by atoms with Crippen LogP contribution in [-0.4, -0.2) is 19.1 Å². The van der Waals surface area contributed by atoms with Gasteiger partial charge >= 0.3 is 0 Å². The molecule has 1 atom stereocenters. The van der Waals surface area contributed by atoms with Crippen LogP contribution in [0.4, 0.5) is 0 Å². The molecule has 0 unspecified atom stereocenters. The highest BCUT2D eigenvalue weighted by atomic mass is 14.9. The lowest BCUT2D eigenvalue weighted by Crippen LogP contribution is -2.38. The maximum absolute atomic E-state index is 4.58. The van der Waals surface area contributed by atoms with Crippen LogP contribution < -0.4 is 15.9 Å². The molecule has 2 aliphatic heterocycles. The SMILES string of the molecule is c1ccc2c(c1)=NCC=2[C@H]1CCCCN1. The number of piperidine rings is 1. The van der Waals surface area contributed by atoms with Crippen LogP contribution in [-0.2, 0) is 0 Å². The van der Waals surface area contributed by atoms with Crippen molar-refractivity contribution in [2.75, 3.05) is 13.1 Å². The molecule has 2 heteroatoms. The standard InChI is InChI=1S/C13H16N2/c1-2-6-12-10(5-1)11(9-15-12)13-7-3-4-8-14-13/h1-2,5-6,13-14H,3-4,7-9H2/t13-/m1/s1. The lowest BCUT2D eigenvalue weighted by molar-refractivity contribution is 0.459. The van der Waals surface area contributed by atoms with E-state index in [1.807, 2.05) is 0 Å². The van der Waals surface area contributed by atoms with Crippen LogP contribution >= 0.6 is 0 Å². The van der Waals surface area contributed by atoms with Gasteiger partial charge in [-0.15, -0.1) is 0 Å². The first-order valence-corrected chi connectivity index (χ1v) is 5.81. The summed E-state index contributed by atoms with van der Waals surface area (Å²) in [6.07, 6.45) is 3.95. The minimum atomic E-state index is 0.575. The van der Waals surface area contributed by atoms with E-state index in [1.54, 1.807) is 0 Å². The third-order valence-corrected chi connectivity index (χ3v) is 3.40. The van der Waals surface area contributed by atoms with E-state index in [0.717, 1.165) is 13.1 Å². The maximum atomic E-state index is 4.58. The van der Waals surface area contributed by atoms with Gasteiger partial charge in [-0.1, -0.05) is 24.6 Å². The highest BCUT2D eigenvalue weighted by Gasteiger charge is 2.19. The Morgan fingerprint density at radius 1 is 1.20 bits per heavy atom. The van der Waals surface area contributed by atoms with Gasteiger partial charge in [-0.2, -0.15) is 0 Å². The number of para-hydroxylation sites is 1. The van der Waals surface area contributed by atoms with E-state index in [9.17, 15) is 0 Å². The molecule has 1 saturated heterocycles. The van der Waals surface area contributed by atoms with E-state index >= 15 is 0 Å². The minimum Gasteiger partial charge on any atom is -0.310 e. The van der Waals surface area contributed by atoms with Gasteiger partial charge in [0.2, 0.25) is 0 Å². The van der Waals surface area contributed by atoms with Crippen molar-refractivity contribution >= 4 is 5.57 Å². The number of nitrogens with one attached hydrogen (secondary N) is 1. The van der Waals surface area contributed by atoms with Gasteiger partial charge in [0.1, 0.15) is 0 Å². The van der Waals surface area contributed by atoms with Crippen LogP contribution in [0.3, 0.4) is 0 Å². The molecule has 1 aromatic rings. The van der Waals surface area contributed by atoms with Gasteiger partial charge in [0, 0.05) is 11.3 Å². The largest absolute Gasteiger partial charge is 0.310 e. The second kappa shape index (κ2) is 3.78. The van der Waals surface area contributed by atoms with Gasteiger partial charge in [-0.05, 0) is 31.0 Å². The van der Waals surface area contributed by atoms with E-state index in [1.165, 1.54) is 35.4 Å². The fourth-order valence-corrected chi connectivity index (χ4v) is 2.59. The van der Waals surface area contributed by atoms with Gasteiger partial charge in [-0.3, -0.25) is 4.99 Å². The number of fused-ring (bicyclic) bond motifs is 1. The van der Waals surface area contributed by atoms with Crippen LogP contribution in [0.5, 0.6) is 0 Å². The van der Waals surface area contributed by atoms with Gasteiger partial charge in [-0.25, -0.2) is 0 Å². The molecule has 2 heterocycles. The predicted molar refractivity (Wildman–Crippen MR) is 61.1 cm³/mol. The Morgan fingerprint density at radius 3 is 3.00 bits per heavy atom. The molecule has 15 heavy (non-hydrogen) atoms. The molecule has 0 aliphatic carbocycles. The second-order valence-electron chi connectivity index (χ2n) is 4.36. The van der Waals surface area contributed by atoms with Crippen molar-refractivity contribution in [2.45, 2.75) is 25.3 Å². The molecular formula is C13H16N2. The Morgan fingerprint density at radius 2 is 2.13 bits per heavy atom. The number of rotatable bonds is 1. The van der Waals surface area contributed by atoms with Gasteiger partial charge in [0.15, 0.2) is 0 Å². The zero-order chi connectivity index (χ0) is 10.1. The first-order chi connectivity index (χ1) is 7.45. The molecule has 0 saturated carbocycles. The first kappa shape index (κ1) is 9.10. The number of nitrogens with zero attached hydrogens (tertiary/aromatic N) is 1. The Bertz CT molecular complexity index is 470. The Hall–Kier alpha value is -1.15. The summed E-state index contributed by atoms with van der Waals surface area (Å²) in [7, 11) is 0. The number of hydrogen-bond acceptors (Lipinski definition) is 2. The van der Waals surface area contributed by atoms with Crippen molar-refractivity contribution in [3.8, 4) is 0 Å². The second-order valence-corrected chi connectivity index (χ2v) is 4.36. The third-order valence-electron chi connectivity index (χ3n) is 3.40. The van der Waals surface area contributed by atoms with Crippen LogP contribution in [0.25, 0.3) is 5.57 Å². The van der Waals surface area contributed by atoms with Crippen LogP contribution in [0.1, 0.15) is 19.3 Å². The third kappa shape index (κ3) is 1.59. The monoisotopic (exact) mass is 200 g/mol. The molecule has 2 nitrogen and oxygen atoms in total. The van der Waals surface area contributed by atoms with E-state index in [0.29, 0.717) is 6.04 Å². The van der Waals surface area contributed by atoms with Crippen molar-refractivity contribution in [3.05, 3.63) is 34.8 Å². The average molecular weight is 200 g/mol. The summed E-state index contributed by atoms with van der Waals surface area (Å²) in [5, 5.41) is 6.16. The van der Waals surface area contributed by atoms with E-state index in [-0.39, 0.29) is 0 Å².